The monoisotopic (exact) mass is 336 g/mol. The highest BCUT2D eigenvalue weighted by Gasteiger charge is 2.04. The van der Waals surface area contributed by atoms with Crippen LogP contribution >= 0.6 is 0 Å². The molecule has 7 heteroatoms. The average molecular weight is 336 g/mol. The van der Waals surface area contributed by atoms with Crippen molar-refractivity contribution in [3.05, 3.63) is 23.8 Å². The van der Waals surface area contributed by atoms with Crippen molar-refractivity contribution >= 4 is 11.9 Å². The fourth-order valence-electron chi connectivity index (χ4n) is 2.09. The Morgan fingerprint density at radius 1 is 1.08 bits per heavy atom. The normalized spacial score (nSPS) is 10.9. The van der Waals surface area contributed by atoms with Crippen molar-refractivity contribution in [2.75, 3.05) is 40.4 Å². The summed E-state index contributed by atoms with van der Waals surface area (Å²) in [5.41, 5.74) is 1.13. The van der Waals surface area contributed by atoms with Crippen LogP contribution in [0.4, 0.5) is 0 Å². The van der Waals surface area contributed by atoms with Gasteiger partial charge in [-0.2, -0.15) is 0 Å². The Morgan fingerprint density at radius 2 is 1.79 bits per heavy atom. The summed E-state index contributed by atoms with van der Waals surface area (Å²) in [7, 11) is 3.25. The molecule has 0 aliphatic heterocycles. The number of methoxy groups -OCH3 is 2. The summed E-state index contributed by atoms with van der Waals surface area (Å²) < 4.78 is 10.5. The van der Waals surface area contributed by atoms with Gasteiger partial charge < -0.3 is 25.4 Å². The van der Waals surface area contributed by atoms with Gasteiger partial charge in [-0.3, -0.25) is 9.79 Å². The van der Waals surface area contributed by atoms with Crippen molar-refractivity contribution in [1.82, 2.24) is 16.0 Å². The molecule has 0 heterocycles. The highest BCUT2D eigenvalue weighted by molar-refractivity contribution is 5.79. The van der Waals surface area contributed by atoms with E-state index in [0.717, 1.165) is 36.0 Å². The molecule has 0 aromatic heterocycles. The highest BCUT2D eigenvalue weighted by atomic mass is 16.5. The second-order valence-electron chi connectivity index (χ2n) is 5.11. The Bertz CT molecular complexity index is 547. The zero-order valence-electron chi connectivity index (χ0n) is 14.9. The minimum Gasteiger partial charge on any atom is -0.493 e. The molecule has 0 aliphatic rings. The third kappa shape index (κ3) is 7.21. The van der Waals surface area contributed by atoms with E-state index in [-0.39, 0.29) is 5.91 Å². The second-order valence-corrected chi connectivity index (χ2v) is 5.11. The molecule has 3 N–H and O–H groups in total. The van der Waals surface area contributed by atoms with Gasteiger partial charge in [0.15, 0.2) is 17.5 Å². The van der Waals surface area contributed by atoms with Gasteiger partial charge in [0.1, 0.15) is 0 Å². The van der Waals surface area contributed by atoms with Crippen LogP contribution in [-0.4, -0.2) is 52.3 Å². The molecule has 7 nitrogen and oxygen atoms in total. The van der Waals surface area contributed by atoms with Gasteiger partial charge in [-0.25, -0.2) is 0 Å². The molecular weight excluding hydrogens is 308 g/mol. The van der Waals surface area contributed by atoms with Gasteiger partial charge >= 0.3 is 0 Å². The molecule has 0 saturated carbocycles. The third-order valence-electron chi connectivity index (χ3n) is 3.25. The molecule has 0 fully saturated rings. The topological polar surface area (TPSA) is 84.0 Å². The molecule has 0 atom stereocenters. The Kier molecular flexibility index (Phi) is 9.11. The molecule has 1 aromatic rings. The molecule has 24 heavy (non-hydrogen) atoms. The first-order chi connectivity index (χ1) is 11.6. The van der Waals surface area contributed by atoms with E-state index >= 15 is 0 Å². The lowest BCUT2D eigenvalue weighted by atomic mass is 10.1. The summed E-state index contributed by atoms with van der Waals surface area (Å²) in [4.78, 5) is 15.4. The Balaban J connectivity index is 2.52. The van der Waals surface area contributed by atoms with Crippen molar-refractivity contribution < 1.29 is 14.3 Å². The maximum absolute atomic E-state index is 10.8. The number of hydrogen-bond donors (Lipinski definition) is 3. The van der Waals surface area contributed by atoms with Gasteiger partial charge in [-0.05, 0) is 31.0 Å². The quantitative estimate of drug-likeness (QED) is 0.355. The van der Waals surface area contributed by atoms with E-state index in [1.807, 2.05) is 25.1 Å². The summed E-state index contributed by atoms with van der Waals surface area (Å²) in [5, 5.41) is 9.10. The van der Waals surface area contributed by atoms with Crippen LogP contribution in [0.25, 0.3) is 0 Å². The van der Waals surface area contributed by atoms with Gasteiger partial charge in [-0.15, -0.1) is 0 Å². The number of guanidine groups is 1. The third-order valence-corrected chi connectivity index (χ3v) is 3.25. The smallest absolute Gasteiger partial charge is 0.216 e. The van der Waals surface area contributed by atoms with Crippen molar-refractivity contribution in [2.45, 2.75) is 20.3 Å². The standard InChI is InChI=1S/C17H28N4O3/c1-5-18-17(21-11-10-19-13(2)22)20-9-8-14-6-7-15(23-3)16(12-14)24-4/h6-7,12H,5,8-11H2,1-4H3,(H,19,22)(H2,18,20,21). The number of ether oxygens (including phenoxy) is 2. The minimum absolute atomic E-state index is 0.0350. The van der Waals surface area contributed by atoms with E-state index in [4.69, 9.17) is 9.47 Å². The highest BCUT2D eigenvalue weighted by Crippen LogP contribution is 2.27. The Hall–Kier alpha value is -2.44. The van der Waals surface area contributed by atoms with Gasteiger partial charge in [0, 0.05) is 33.1 Å². The fraction of sp³-hybridized carbons (Fsp3) is 0.529. The zero-order valence-corrected chi connectivity index (χ0v) is 14.9. The van der Waals surface area contributed by atoms with Crippen LogP contribution in [-0.2, 0) is 11.2 Å². The first kappa shape index (κ1) is 19.6. The summed E-state index contributed by atoms with van der Waals surface area (Å²) in [6.07, 6.45) is 0.794. The number of carbonyl (C=O) groups excluding carboxylic acids is 1. The average Bonchev–Trinajstić information content (AvgIpc) is 2.58. The molecule has 0 saturated heterocycles. The fourth-order valence-corrected chi connectivity index (χ4v) is 2.09. The maximum Gasteiger partial charge on any atom is 0.216 e. The number of aliphatic imine (C=N–C) groups is 1. The summed E-state index contributed by atoms with van der Waals surface area (Å²) in [6, 6.07) is 5.87. The molecule has 1 aromatic carbocycles. The number of hydrogen-bond acceptors (Lipinski definition) is 4. The number of amides is 1. The van der Waals surface area contributed by atoms with E-state index in [2.05, 4.69) is 20.9 Å². The second kappa shape index (κ2) is 11.2. The van der Waals surface area contributed by atoms with Crippen LogP contribution < -0.4 is 25.4 Å². The van der Waals surface area contributed by atoms with Gasteiger partial charge in [-0.1, -0.05) is 6.07 Å². The molecule has 0 radical (unpaired) electrons. The molecule has 0 unspecified atom stereocenters. The van der Waals surface area contributed by atoms with Crippen LogP contribution in [0.3, 0.4) is 0 Å². The van der Waals surface area contributed by atoms with Crippen molar-refractivity contribution in [1.29, 1.82) is 0 Å². The lowest BCUT2D eigenvalue weighted by Gasteiger charge is -2.12. The van der Waals surface area contributed by atoms with E-state index in [0.29, 0.717) is 19.6 Å². The maximum atomic E-state index is 10.8. The number of nitrogens with zero attached hydrogens (tertiary/aromatic N) is 1. The SMILES string of the molecule is CCNC(=NCCc1ccc(OC)c(OC)c1)NCCNC(C)=O. The van der Waals surface area contributed by atoms with Gasteiger partial charge in [0.05, 0.1) is 14.2 Å². The van der Waals surface area contributed by atoms with Crippen LogP contribution in [0.1, 0.15) is 19.4 Å². The van der Waals surface area contributed by atoms with E-state index < -0.39 is 0 Å². The molecule has 0 aliphatic carbocycles. The first-order valence-corrected chi connectivity index (χ1v) is 8.08. The van der Waals surface area contributed by atoms with Crippen molar-refractivity contribution in [3.8, 4) is 11.5 Å². The summed E-state index contributed by atoms with van der Waals surface area (Å²) in [6.45, 7) is 6.13. The van der Waals surface area contributed by atoms with Crippen LogP contribution in [0, 0.1) is 0 Å². The van der Waals surface area contributed by atoms with Crippen molar-refractivity contribution in [3.63, 3.8) is 0 Å². The lowest BCUT2D eigenvalue weighted by Crippen LogP contribution is -2.41. The Labute approximate surface area is 143 Å². The van der Waals surface area contributed by atoms with Crippen LogP contribution in [0.15, 0.2) is 23.2 Å². The molecule has 1 amide bonds. The lowest BCUT2D eigenvalue weighted by molar-refractivity contribution is -0.118. The number of rotatable bonds is 9. The molecule has 0 spiro atoms. The van der Waals surface area contributed by atoms with E-state index in [9.17, 15) is 4.79 Å². The van der Waals surface area contributed by atoms with Crippen molar-refractivity contribution in [2.24, 2.45) is 4.99 Å². The number of carbonyl (C=O) groups is 1. The van der Waals surface area contributed by atoms with E-state index in [1.165, 1.54) is 6.92 Å². The summed E-state index contributed by atoms with van der Waals surface area (Å²) >= 11 is 0. The van der Waals surface area contributed by atoms with Crippen LogP contribution in [0.2, 0.25) is 0 Å². The van der Waals surface area contributed by atoms with E-state index in [1.54, 1.807) is 14.2 Å². The molecule has 134 valence electrons. The Morgan fingerprint density at radius 3 is 2.42 bits per heavy atom. The molecule has 1 rings (SSSR count). The molecule has 0 bridgehead atoms. The predicted octanol–water partition coefficient (Wildman–Crippen LogP) is 0.938. The van der Waals surface area contributed by atoms with Gasteiger partial charge in [0.25, 0.3) is 0 Å². The minimum atomic E-state index is -0.0350. The molecular formula is C17H28N4O3. The largest absolute Gasteiger partial charge is 0.493 e. The zero-order chi connectivity index (χ0) is 17.8. The number of nitrogens with one attached hydrogen (secondary N) is 3. The summed E-state index contributed by atoms with van der Waals surface area (Å²) in [5.74, 6) is 2.15. The predicted molar refractivity (Wildman–Crippen MR) is 95.9 cm³/mol. The number of benzene rings is 1. The van der Waals surface area contributed by atoms with Gasteiger partial charge in [0.2, 0.25) is 5.91 Å². The first-order valence-electron chi connectivity index (χ1n) is 8.08. The van der Waals surface area contributed by atoms with Crippen LogP contribution in [0.5, 0.6) is 11.5 Å².